The van der Waals surface area contributed by atoms with Crippen molar-refractivity contribution >= 4 is 11.6 Å². The van der Waals surface area contributed by atoms with Crippen molar-refractivity contribution in [2.45, 2.75) is 37.8 Å². The zero-order chi connectivity index (χ0) is 15.5. The maximum atomic E-state index is 12.3. The fraction of sp³-hybridized carbons (Fsp3) is 0.588. The molecule has 0 unspecified atom stereocenters. The van der Waals surface area contributed by atoms with Crippen molar-refractivity contribution in [1.29, 1.82) is 0 Å². The molecule has 1 aromatic carbocycles. The van der Waals surface area contributed by atoms with Gasteiger partial charge in [-0.15, -0.1) is 0 Å². The van der Waals surface area contributed by atoms with E-state index in [4.69, 9.17) is 10.5 Å². The van der Waals surface area contributed by atoms with E-state index >= 15 is 0 Å². The fourth-order valence-corrected chi connectivity index (χ4v) is 3.61. The van der Waals surface area contributed by atoms with Crippen LogP contribution >= 0.6 is 0 Å². The second kappa shape index (κ2) is 6.57. The van der Waals surface area contributed by atoms with Crippen molar-refractivity contribution in [2.75, 3.05) is 25.1 Å². The van der Waals surface area contributed by atoms with Crippen LogP contribution in [0.4, 0.5) is 5.69 Å². The van der Waals surface area contributed by atoms with Gasteiger partial charge in [0, 0.05) is 25.2 Å². The lowest BCUT2D eigenvalue weighted by Gasteiger charge is -2.22. The normalized spacial score (nSPS) is 27.9. The Bertz CT molecular complexity index is 534. The lowest BCUT2D eigenvalue weighted by atomic mass is 10.0. The quantitative estimate of drug-likeness (QED) is 0.885. The van der Waals surface area contributed by atoms with Gasteiger partial charge in [0.15, 0.2) is 0 Å². The fourth-order valence-electron chi connectivity index (χ4n) is 3.61. The summed E-state index contributed by atoms with van der Waals surface area (Å²) >= 11 is 0. The molecule has 2 fully saturated rings. The standard InChI is InChI=1S/C17H25N3O2/c1-22-16-8-3-2-7-15(16)20-10-9-12(11-20)19-17(21)13-5-4-6-14(13)18/h2-3,7-8,12-14H,4-6,9-11,18H2,1H3,(H,19,21)/t12-,13-,14-/m0/s1. The van der Waals surface area contributed by atoms with Crippen LogP contribution in [0.15, 0.2) is 24.3 Å². The lowest BCUT2D eigenvalue weighted by molar-refractivity contribution is -0.125. The topological polar surface area (TPSA) is 67.6 Å². The molecule has 5 heteroatoms. The molecule has 3 N–H and O–H groups in total. The van der Waals surface area contributed by atoms with E-state index in [1.807, 2.05) is 18.2 Å². The summed E-state index contributed by atoms with van der Waals surface area (Å²) in [5.41, 5.74) is 7.12. The summed E-state index contributed by atoms with van der Waals surface area (Å²) in [7, 11) is 1.69. The molecule has 1 aliphatic heterocycles. The summed E-state index contributed by atoms with van der Waals surface area (Å²) < 4.78 is 5.42. The molecule has 3 atom stereocenters. The second-order valence-corrected chi connectivity index (χ2v) is 6.31. The summed E-state index contributed by atoms with van der Waals surface area (Å²) in [6.45, 7) is 1.76. The third-order valence-electron chi connectivity index (χ3n) is 4.87. The molecule has 2 aliphatic rings. The van der Waals surface area contributed by atoms with Gasteiger partial charge in [0.05, 0.1) is 18.7 Å². The molecule has 0 aromatic heterocycles. The maximum absolute atomic E-state index is 12.3. The van der Waals surface area contributed by atoms with E-state index in [1.165, 1.54) is 0 Å². The highest BCUT2D eigenvalue weighted by Crippen LogP contribution is 2.30. The minimum atomic E-state index is 0.000288. The number of nitrogens with two attached hydrogens (primary N) is 1. The van der Waals surface area contributed by atoms with Gasteiger partial charge in [0.1, 0.15) is 5.75 Å². The third kappa shape index (κ3) is 3.04. The highest BCUT2D eigenvalue weighted by Gasteiger charge is 2.33. The van der Waals surface area contributed by atoms with Crippen LogP contribution in [0, 0.1) is 5.92 Å². The van der Waals surface area contributed by atoms with Crippen molar-refractivity contribution < 1.29 is 9.53 Å². The molecule has 0 bridgehead atoms. The SMILES string of the molecule is COc1ccccc1N1CC[C@H](NC(=O)[C@H]2CCC[C@@H]2N)C1. The van der Waals surface area contributed by atoms with Crippen molar-refractivity contribution in [2.24, 2.45) is 11.7 Å². The number of hydrogen-bond donors (Lipinski definition) is 2. The third-order valence-corrected chi connectivity index (χ3v) is 4.87. The van der Waals surface area contributed by atoms with Gasteiger partial charge in [-0.25, -0.2) is 0 Å². The Balaban J connectivity index is 1.59. The summed E-state index contributed by atoms with van der Waals surface area (Å²) in [6.07, 6.45) is 3.93. The van der Waals surface area contributed by atoms with Crippen molar-refractivity contribution in [3.05, 3.63) is 24.3 Å². The monoisotopic (exact) mass is 303 g/mol. The number of nitrogens with one attached hydrogen (secondary N) is 1. The zero-order valence-electron chi connectivity index (χ0n) is 13.1. The van der Waals surface area contributed by atoms with Crippen LogP contribution in [0.2, 0.25) is 0 Å². The van der Waals surface area contributed by atoms with Gasteiger partial charge in [0.25, 0.3) is 0 Å². The van der Waals surface area contributed by atoms with E-state index in [0.29, 0.717) is 0 Å². The van der Waals surface area contributed by atoms with Gasteiger partial charge in [0.2, 0.25) is 5.91 Å². The Morgan fingerprint density at radius 2 is 2.14 bits per heavy atom. The van der Waals surface area contributed by atoms with E-state index in [-0.39, 0.29) is 23.9 Å². The predicted octanol–water partition coefficient (Wildman–Crippen LogP) is 1.52. The summed E-state index contributed by atoms with van der Waals surface area (Å²) in [5.74, 6) is 1.02. The molecule has 1 aliphatic carbocycles. The number of rotatable bonds is 4. The molecule has 1 aromatic rings. The Hall–Kier alpha value is -1.75. The molecular weight excluding hydrogens is 278 g/mol. The van der Waals surface area contributed by atoms with Crippen LogP contribution < -0.4 is 20.7 Å². The zero-order valence-corrected chi connectivity index (χ0v) is 13.1. The Labute approximate surface area is 131 Å². The predicted molar refractivity (Wildman–Crippen MR) is 87.1 cm³/mol. The van der Waals surface area contributed by atoms with Crippen LogP contribution in [0.25, 0.3) is 0 Å². The van der Waals surface area contributed by atoms with Crippen molar-refractivity contribution in [3.63, 3.8) is 0 Å². The summed E-state index contributed by atoms with van der Waals surface area (Å²) in [5, 5.41) is 3.19. The molecule has 1 saturated heterocycles. The smallest absolute Gasteiger partial charge is 0.224 e. The minimum Gasteiger partial charge on any atom is -0.495 e. The van der Waals surface area contributed by atoms with Crippen LogP contribution in [0.3, 0.4) is 0 Å². The summed E-state index contributed by atoms with van der Waals surface area (Å²) in [4.78, 5) is 14.6. The average Bonchev–Trinajstić information content (AvgIpc) is 3.16. The van der Waals surface area contributed by atoms with Gasteiger partial charge < -0.3 is 20.7 Å². The lowest BCUT2D eigenvalue weighted by Crippen LogP contribution is -2.44. The van der Waals surface area contributed by atoms with E-state index in [2.05, 4.69) is 16.3 Å². The first-order chi connectivity index (χ1) is 10.7. The van der Waals surface area contributed by atoms with E-state index in [9.17, 15) is 4.79 Å². The Kier molecular flexibility index (Phi) is 4.52. The van der Waals surface area contributed by atoms with E-state index in [1.54, 1.807) is 7.11 Å². The molecule has 1 amide bonds. The maximum Gasteiger partial charge on any atom is 0.224 e. The number of methoxy groups -OCH3 is 1. The van der Waals surface area contributed by atoms with Crippen LogP contribution in [-0.2, 0) is 4.79 Å². The molecule has 0 spiro atoms. The number of nitrogens with zero attached hydrogens (tertiary/aromatic N) is 1. The minimum absolute atomic E-state index is 0.000288. The number of carbonyl (C=O) groups excluding carboxylic acids is 1. The van der Waals surface area contributed by atoms with Crippen LogP contribution in [0.5, 0.6) is 5.75 Å². The van der Waals surface area contributed by atoms with E-state index < -0.39 is 0 Å². The highest BCUT2D eigenvalue weighted by molar-refractivity contribution is 5.80. The number of benzene rings is 1. The largest absolute Gasteiger partial charge is 0.495 e. The van der Waals surface area contributed by atoms with Crippen LogP contribution in [-0.4, -0.2) is 38.2 Å². The number of para-hydroxylation sites is 2. The highest BCUT2D eigenvalue weighted by atomic mass is 16.5. The number of anilines is 1. The molecule has 22 heavy (non-hydrogen) atoms. The summed E-state index contributed by atoms with van der Waals surface area (Å²) in [6, 6.07) is 8.26. The number of ether oxygens (including phenoxy) is 1. The van der Waals surface area contributed by atoms with Gasteiger partial charge in [-0.1, -0.05) is 18.6 Å². The molecule has 5 nitrogen and oxygen atoms in total. The number of amides is 1. The average molecular weight is 303 g/mol. The number of carbonyl (C=O) groups is 1. The first-order valence-electron chi connectivity index (χ1n) is 8.13. The van der Waals surface area contributed by atoms with Crippen molar-refractivity contribution in [3.8, 4) is 5.75 Å². The molecule has 3 rings (SSSR count). The van der Waals surface area contributed by atoms with Crippen LogP contribution in [0.1, 0.15) is 25.7 Å². The molecule has 120 valence electrons. The first kappa shape index (κ1) is 15.2. The molecule has 1 saturated carbocycles. The van der Waals surface area contributed by atoms with Crippen molar-refractivity contribution in [1.82, 2.24) is 5.32 Å². The molecule has 1 heterocycles. The second-order valence-electron chi connectivity index (χ2n) is 6.31. The Morgan fingerprint density at radius 1 is 1.32 bits per heavy atom. The van der Waals surface area contributed by atoms with Gasteiger partial charge in [-0.2, -0.15) is 0 Å². The van der Waals surface area contributed by atoms with Gasteiger partial charge in [-0.05, 0) is 31.4 Å². The van der Waals surface area contributed by atoms with Gasteiger partial charge >= 0.3 is 0 Å². The van der Waals surface area contributed by atoms with Gasteiger partial charge in [-0.3, -0.25) is 4.79 Å². The van der Waals surface area contributed by atoms with E-state index in [0.717, 1.165) is 50.2 Å². The Morgan fingerprint density at radius 3 is 2.86 bits per heavy atom. The number of hydrogen-bond acceptors (Lipinski definition) is 4. The molecular formula is C17H25N3O2. The molecule has 0 radical (unpaired) electrons. The first-order valence-corrected chi connectivity index (χ1v) is 8.13.